The molecule has 0 saturated heterocycles. The maximum Gasteiger partial charge on any atom is 0.349 e. The second-order valence-corrected chi connectivity index (χ2v) is 5.94. The smallest absolute Gasteiger partial charge is 0.349 e. The van der Waals surface area contributed by atoms with E-state index >= 15 is 0 Å². The van der Waals surface area contributed by atoms with Crippen molar-refractivity contribution in [1.82, 2.24) is 14.9 Å². The fourth-order valence-corrected chi connectivity index (χ4v) is 3.28. The van der Waals surface area contributed by atoms with E-state index in [0.717, 1.165) is 15.9 Å². The first kappa shape index (κ1) is 15.8. The zero-order valence-electron chi connectivity index (χ0n) is 12.6. The van der Waals surface area contributed by atoms with Crippen LogP contribution >= 0.6 is 11.3 Å². The molecule has 0 radical (unpaired) electrons. The number of benzene rings is 1. The van der Waals surface area contributed by atoms with E-state index in [1.807, 2.05) is 6.07 Å². The summed E-state index contributed by atoms with van der Waals surface area (Å²) in [7, 11) is 1.45. The lowest BCUT2D eigenvalue weighted by molar-refractivity contribution is -0.380. The SMILES string of the molecule is CNC(=O)Cn1c(=O)nc(-c2ccccc2)c2cc([N+](=O)[O-])sc21. The number of fused-ring (bicyclic) bond motifs is 1. The molecular formula is C15H12N4O4S. The number of amides is 1. The number of nitrogens with one attached hydrogen (secondary N) is 1. The molecule has 3 aromatic rings. The molecule has 1 amide bonds. The maximum atomic E-state index is 12.4. The fourth-order valence-electron chi connectivity index (χ4n) is 2.31. The number of aromatic nitrogens is 2. The minimum Gasteiger partial charge on any atom is -0.358 e. The highest BCUT2D eigenvalue weighted by atomic mass is 32.1. The number of thiophene rings is 1. The van der Waals surface area contributed by atoms with Gasteiger partial charge in [-0.1, -0.05) is 30.3 Å². The van der Waals surface area contributed by atoms with Gasteiger partial charge in [-0.3, -0.25) is 19.5 Å². The minimum absolute atomic E-state index is 0.111. The summed E-state index contributed by atoms with van der Waals surface area (Å²) in [5, 5.41) is 13.9. The van der Waals surface area contributed by atoms with Crippen molar-refractivity contribution >= 4 is 32.5 Å². The molecule has 24 heavy (non-hydrogen) atoms. The molecule has 2 aromatic heterocycles. The number of nitrogens with zero attached hydrogens (tertiary/aromatic N) is 3. The summed E-state index contributed by atoms with van der Waals surface area (Å²) < 4.78 is 1.15. The Balaban J connectivity index is 2.32. The molecule has 0 spiro atoms. The molecule has 2 heterocycles. The molecule has 0 unspecified atom stereocenters. The van der Waals surface area contributed by atoms with Crippen molar-refractivity contribution in [3.63, 3.8) is 0 Å². The zero-order chi connectivity index (χ0) is 17.3. The van der Waals surface area contributed by atoms with Gasteiger partial charge in [0.15, 0.2) is 0 Å². The Morgan fingerprint density at radius 3 is 2.71 bits per heavy atom. The van der Waals surface area contributed by atoms with Gasteiger partial charge in [0.2, 0.25) is 5.91 Å². The molecule has 0 fully saturated rings. The third kappa shape index (κ3) is 2.76. The number of hydrogen-bond donors (Lipinski definition) is 1. The number of rotatable bonds is 4. The third-order valence-electron chi connectivity index (χ3n) is 3.45. The molecule has 0 aliphatic heterocycles. The topological polar surface area (TPSA) is 107 Å². The lowest BCUT2D eigenvalue weighted by Gasteiger charge is -2.08. The number of nitro groups is 1. The molecule has 0 atom stereocenters. The quantitative estimate of drug-likeness (QED) is 0.573. The van der Waals surface area contributed by atoms with Crippen molar-refractivity contribution in [2.24, 2.45) is 0 Å². The summed E-state index contributed by atoms with van der Waals surface area (Å²) in [6, 6.07) is 10.3. The summed E-state index contributed by atoms with van der Waals surface area (Å²) in [6.07, 6.45) is 0. The van der Waals surface area contributed by atoms with Crippen molar-refractivity contribution in [2.75, 3.05) is 7.05 Å². The summed E-state index contributed by atoms with van der Waals surface area (Å²) in [5.74, 6) is -0.385. The lowest BCUT2D eigenvalue weighted by atomic mass is 10.1. The summed E-state index contributed by atoms with van der Waals surface area (Å²) in [6.45, 7) is -0.244. The highest BCUT2D eigenvalue weighted by molar-refractivity contribution is 7.21. The third-order valence-corrected chi connectivity index (χ3v) is 4.56. The van der Waals surface area contributed by atoms with Gasteiger partial charge in [0, 0.05) is 24.1 Å². The summed E-state index contributed by atoms with van der Waals surface area (Å²) in [5.41, 5.74) is 0.425. The van der Waals surface area contributed by atoms with Gasteiger partial charge in [-0.05, 0) is 11.3 Å². The second-order valence-electron chi connectivity index (χ2n) is 4.93. The van der Waals surface area contributed by atoms with E-state index in [9.17, 15) is 19.7 Å². The molecule has 0 aliphatic rings. The Labute approximate surface area is 139 Å². The van der Waals surface area contributed by atoms with E-state index < -0.39 is 10.6 Å². The Bertz CT molecular complexity index is 994. The van der Waals surface area contributed by atoms with Gasteiger partial charge in [-0.2, -0.15) is 4.98 Å². The molecule has 3 rings (SSSR count). The molecule has 1 N–H and O–H groups in total. The number of likely N-dealkylation sites (N-methyl/N-ethyl adjacent to an activating group) is 1. The van der Waals surface area contributed by atoms with Crippen molar-refractivity contribution < 1.29 is 9.72 Å². The highest BCUT2D eigenvalue weighted by Gasteiger charge is 2.21. The average molecular weight is 344 g/mol. The minimum atomic E-state index is -0.623. The van der Waals surface area contributed by atoms with E-state index in [1.165, 1.54) is 13.1 Å². The molecule has 122 valence electrons. The zero-order valence-corrected chi connectivity index (χ0v) is 13.4. The Kier molecular flexibility index (Phi) is 4.09. The average Bonchev–Trinajstić information content (AvgIpc) is 3.03. The summed E-state index contributed by atoms with van der Waals surface area (Å²) >= 11 is 0.851. The van der Waals surface area contributed by atoms with Gasteiger partial charge in [0.1, 0.15) is 11.4 Å². The van der Waals surface area contributed by atoms with E-state index in [1.54, 1.807) is 24.3 Å². The van der Waals surface area contributed by atoms with Gasteiger partial charge >= 0.3 is 10.7 Å². The maximum absolute atomic E-state index is 12.4. The van der Waals surface area contributed by atoms with Crippen LogP contribution in [-0.2, 0) is 11.3 Å². The Morgan fingerprint density at radius 2 is 2.08 bits per heavy atom. The first-order valence-corrected chi connectivity index (χ1v) is 7.77. The van der Waals surface area contributed by atoms with Crippen molar-refractivity contribution in [3.8, 4) is 11.3 Å². The largest absolute Gasteiger partial charge is 0.358 e. The Morgan fingerprint density at radius 1 is 1.38 bits per heavy atom. The second kappa shape index (κ2) is 6.20. The molecule has 0 aliphatic carbocycles. The van der Waals surface area contributed by atoms with Crippen LogP contribution in [0.25, 0.3) is 21.5 Å². The van der Waals surface area contributed by atoms with E-state index in [4.69, 9.17) is 0 Å². The van der Waals surface area contributed by atoms with Crippen LogP contribution in [-0.4, -0.2) is 27.4 Å². The number of carbonyl (C=O) groups excluding carboxylic acids is 1. The van der Waals surface area contributed by atoms with E-state index in [-0.39, 0.29) is 17.5 Å². The van der Waals surface area contributed by atoms with Gasteiger partial charge in [-0.25, -0.2) is 4.79 Å². The van der Waals surface area contributed by atoms with E-state index in [2.05, 4.69) is 10.3 Å². The van der Waals surface area contributed by atoms with Crippen molar-refractivity contribution in [2.45, 2.75) is 6.54 Å². The Hall–Kier alpha value is -3.07. The van der Waals surface area contributed by atoms with Crippen LogP contribution in [0.1, 0.15) is 0 Å². The van der Waals surface area contributed by atoms with Crippen LogP contribution in [0.15, 0.2) is 41.2 Å². The first-order chi connectivity index (χ1) is 11.5. The van der Waals surface area contributed by atoms with Crippen LogP contribution in [0.5, 0.6) is 0 Å². The first-order valence-electron chi connectivity index (χ1n) is 6.96. The van der Waals surface area contributed by atoms with Crippen LogP contribution in [0.4, 0.5) is 5.00 Å². The standard InChI is InChI=1S/C15H12N4O4S/c1-16-11(20)8-18-14-10(7-12(24-14)19(22)23)13(17-15(18)21)9-5-3-2-4-6-9/h2-7H,8H2,1H3,(H,16,20). The fraction of sp³-hybridized carbons (Fsp3) is 0.133. The van der Waals surface area contributed by atoms with Crippen LogP contribution in [0, 0.1) is 10.1 Å². The predicted octanol–water partition coefficient (Wildman–Crippen LogP) is 1.78. The normalized spacial score (nSPS) is 10.7. The molecule has 1 aromatic carbocycles. The molecule has 0 saturated carbocycles. The van der Waals surface area contributed by atoms with Crippen molar-refractivity contribution in [1.29, 1.82) is 0 Å². The van der Waals surface area contributed by atoms with Crippen LogP contribution in [0.2, 0.25) is 0 Å². The van der Waals surface area contributed by atoms with Gasteiger partial charge in [-0.15, -0.1) is 0 Å². The monoisotopic (exact) mass is 344 g/mol. The lowest BCUT2D eigenvalue weighted by Crippen LogP contribution is -2.31. The van der Waals surface area contributed by atoms with Gasteiger partial charge < -0.3 is 5.32 Å². The molecule has 8 nitrogen and oxygen atoms in total. The van der Waals surface area contributed by atoms with Crippen LogP contribution < -0.4 is 11.0 Å². The van der Waals surface area contributed by atoms with Crippen LogP contribution in [0.3, 0.4) is 0 Å². The van der Waals surface area contributed by atoms with E-state index in [0.29, 0.717) is 21.5 Å². The number of carbonyl (C=O) groups is 1. The summed E-state index contributed by atoms with van der Waals surface area (Å²) in [4.78, 5) is 39.0. The molecule has 9 heteroatoms. The molecular weight excluding hydrogens is 332 g/mol. The van der Waals surface area contributed by atoms with Gasteiger partial charge in [0.05, 0.1) is 10.6 Å². The number of hydrogen-bond acceptors (Lipinski definition) is 6. The highest BCUT2D eigenvalue weighted by Crippen LogP contribution is 2.35. The van der Waals surface area contributed by atoms with Crippen molar-refractivity contribution in [3.05, 3.63) is 57.0 Å². The van der Waals surface area contributed by atoms with Gasteiger partial charge in [0.25, 0.3) is 0 Å². The predicted molar refractivity (Wildman–Crippen MR) is 90.0 cm³/mol. The molecule has 0 bridgehead atoms.